The van der Waals surface area contributed by atoms with Crippen LogP contribution in [0.15, 0.2) is 18.2 Å². The van der Waals surface area contributed by atoms with Gasteiger partial charge >= 0.3 is 0 Å². The van der Waals surface area contributed by atoms with Gasteiger partial charge in [0, 0.05) is 16.4 Å². The highest BCUT2D eigenvalue weighted by molar-refractivity contribution is 9.09. The van der Waals surface area contributed by atoms with Crippen molar-refractivity contribution in [3.63, 3.8) is 0 Å². The lowest BCUT2D eigenvalue weighted by atomic mass is 10.0. The quantitative estimate of drug-likeness (QED) is 0.792. The summed E-state index contributed by atoms with van der Waals surface area (Å²) in [6.45, 7) is 4.18. The van der Waals surface area contributed by atoms with Gasteiger partial charge in [-0.15, -0.1) is 0 Å². The zero-order chi connectivity index (χ0) is 14.4. The predicted octanol–water partition coefficient (Wildman–Crippen LogP) is 3.89. The molecule has 0 spiro atoms. The molecule has 5 heteroatoms. The first-order valence-electron chi connectivity index (χ1n) is 6.20. The van der Waals surface area contributed by atoms with Crippen LogP contribution in [0, 0.1) is 5.92 Å². The topological polar surface area (TPSA) is 38.3 Å². The van der Waals surface area contributed by atoms with Crippen LogP contribution in [-0.2, 0) is 0 Å². The number of benzene rings is 1. The summed E-state index contributed by atoms with van der Waals surface area (Å²) in [6, 6.07) is 5.15. The number of carbonyl (C=O) groups is 1. The first-order chi connectivity index (χ1) is 8.99. The number of ether oxygens (including phenoxy) is 1. The number of methoxy groups -OCH3 is 1. The van der Waals surface area contributed by atoms with E-state index >= 15 is 0 Å². The highest BCUT2D eigenvalue weighted by atomic mass is 79.9. The summed E-state index contributed by atoms with van der Waals surface area (Å²) in [5.41, 5.74) is 0.507. The molecule has 0 aliphatic heterocycles. The molecule has 1 aromatic carbocycles. The summed E-state index contributed by atoms with van der Waals surface area (Å²) in [5.74, 6) is 0.735. The molecule has 0 fully saturated rings. The van der Waals surface area contributed by atoms with Crippen LogP contribution >= 0.6 is 27.5 Å². The summed E-state index contributed by atoms with van der Waals surface area (Å²) < 4.78 is 5.19. The average Bonchev–Trinajstić information content (AvgIpc) is 2.37. The number of halogens is 2. The highest BCUT2D eigenvalue weighted by Crippen LogP contribution is 2.23. The van der Waals surface area contributed by atoms with Crippen LogP contribution in [0.4, 0.5) is 0 Å². The molecule has 0 aliphatic carbocycles. The lowest BCUT2D eigenvalue weighted by Crippen LogP contribution is -2.39. The summed E-state index contributed by atoms with van der Waals surface area (Å²) in [5, 5.41) is 4.44. The Labute approximate surface area is 127 Å². The maximum Gasteiger partial charge on any atom is 0.255 e. The molecule has 0 aliphatic rings. The lowest BCUT2D eigenvalue weighted by Gasteiger charge is -2.22. The molecule has 1 atom stereocenters. The van der Waals surface area contributed by atoms with E-state index in [1.807, 2.05) is 0 Å². The molecule has 1 rings (SSSR count). The Morgan fingerprint density at radius 1 is 1.47 bits per heavy atom. The van der Waals surface area contributed by atoms with Gasteiger partial charge < -0.3 is 10.1 Å². The van der Waals surface area contributed by atoms with E-state index in [0.717, 1.165) is 11.8 Å². The molecular formula is C14H19BrClNO2. The molecular weight excluding hydrogens is 330 g/mol. The molecule has 0 heterocycles. The first kappa shape index (κ1) is 16.3. The number of nitrogens with one attached hydrogen (secondary N) is 1. The fraction of sp³-hybridized carbons (Fsp3) is 0.500. The molecule has 3 nitrogen and oxygen atoms in total. The van der Waals surface area contributed by atoms with E-state index in [1.54, 1.807) is 18.2 Å². The second-order valence-electron chi connectivity index (χ2n) is 4.65. The molecule has 0 radical (unpaired) electrons. The Morgan fingerprint density at radius 2 is 2.16 bits per heavy atom. The van der Waals surface area contributed by atoms with Crippen LogP contribution in [0.3, 0.4) is 0 Å². The maximum atomic E-state index is 12.3. The first-order valence-corrected chi connectivity index (χ1v) is 7.70. The predicted molar refractivity (Wildman–Crippen MR) is 82.5 cm³/mol. The molecule has 106 valence electrons. The van der Waals surface area contributed by atoms with Gasteiger partial charge in [0.05, 0.1) is 12.7 Å². The monoisotopic (exact) mass is 347 g/mol. The Bertz CT molecular complexity index is 437. The molecule has 0 saturated heterocycles. The zero-order valence-electron chi connectivity index (χ0n) is 11.4. The minimum Gasteiger partial charge on any atom is -0.496 e. The molecule has 0 aromatic heterocycles. The van der Waals surface area contributed by atoms with Crippen molar-refractivity contribution >= 4 is 33.4 Å². The molecule has 1 aromatic rings. The van der Waals surface area contributed by atoms with E-state index in [9.17, 15) is 4.79 Å². The van der Waals surface area contributed by atoms with Crippen molar-refractivity contribution in [1.29, 1.82) is 0 Å². The molecule has 19 heavy (non-hydrogen) atoms. The van der Waals surface area contributed by atoms with Crippen molar-refractivity contribution in [2.45, 2.75) is 26.3 Å². The molecule has 0 saturated carbocycles. The van der Waals surface area contributed by atoms with Crippen LogP contribution in [0.5, 0.6) is 5.75 Å². The normalized spacial score (nSPS) is 12.3. The van der Waals surface area contributed by atoms with Gasteiger partial charge in [0.2, 0.25) is 0 Å². The largest absolute Gasteiger partial charge is 0.496 e. The van der Waals surface area contributed by atoms with Gasteiger partial charge in [-0.25, -0.2) is 0 Å². The Morgan fingerprint density at radius 3 is 2.68 bits per heavy atom. The van der Waals surface area contributed by atoms with Crippen molar-refractivity contribution in [1.82, 2.24) is 5.32 Å². The highest BCUT2D eigenvalue weighted by Gasteiger charge is 2.19. The van der Waals surface area contributed by atoms with E-state index < -0.39 is 0 Å². The van der Waals surface area contributed by atoms with Gasteiger partial charge in [-0.05, 0) is 30.5 Å². The Hall–Kier alpha value is -0.740. The molecule has 1 N–H and O–H groups in total. The van der Waals surface area contributed by atoms with Gasteiger partial charge in [0.1, 0.15) is 5.75 Å². The summed E-state index contributed by atoms with van der Waals surface area (Å²) in [4.78, 5) is 12.3. The van der Waals surface area contributed by atoms with E-state index in [0.29, 0.717) is 22.3 Å². The average molecular weight is 349 g/mol. The number of amides is 1. The maximum absolute atomic E-state index is 12.3. The van der Waals surface area contributed by atoms with Gasteiger partial charge in [0.25, 0.3) is 5.91 Å². The third kappa shape index (κ3) is 4.69. The molecule has 1 amide bonds. The number of carbonyl (C=O) groups excluding carboxylic acids is 1. The fourth-order valence-electron chi connectivity index (χ4n) is 1.79. The minimum absolute atomic E-state index is 0.131. The van der Waals surface area contributed by atoms with Crippen LogP contribution in [0.1, 0.15) is 30.6 Å². The Kier molecular flexibility index (Phi) is 6.66. The van der Waals surface area contributed by atoms with Crippen LogP contribution in [0.25, 0.3) is 0 Å². The zero-order valence-corrected chi connectivity index (χ0v) is 13.7. The second-order valence-corrected chi connectivity index (χ2v) is 5.88. The minimum atomic E-state index is -0.131. The third-order valence-corrected chi connectivity index (χ3v) is 3.64. The second kappa shape index (κ2) is 7.75. The van der Waals surface area contributed by atoms with Crippen molar-refractivity contribution < 1.29 is 9.53 Å². The van der Waals surface area contributed by atoms with Crippen molar-refractivity contribution in [2.24, 2.45) is 5.92 Å². The summed E-state index contributed by atoms with van der Waals surface area (Å²) in [7, 11) is 1.53. The van der Waals surface area contributed by atoms with Crippen LogP contribution in [-0.4, -0.2) is 24.4 Å². The number of hydrogen-bond donors (Lipinski definition) is 1. The van der Waals surface area contributed by atoms with Crippen molar-refractivity contribution in [2.75, 3.05) is 12.4 Å². The van der Waals surface area contributed by atoms with Gasteiger partial charge in [-0.2, -0.15) is 0 Å². The number of rotatable bonds is 6. The van der Waals surface area contributed by atoms with E-state index in [-0.39, 0.29) is 11.9 Å². The van der Waals surface area contributed by atoms with Gasteiger partial charge in [0.15, 0.2) is 0 Å². The standard InChI is InChI=1S/C14H19BrClNO2/c1-9(2)12(6-7-15)17-14(18)11-5-4-10(16)8-13(11)19-3/h4-5,8-9,12H,6-7H2,1-3H3,(H,17,18). The summed E-state index contributed by atoms with van der Waals surface area (Å²) >= 11 is 9.30. The number of alkyl halides is 1. The van der Waals surface area contributed by atoms with Crippen LogP contribution < -0.4 is 10.1 Å². The Balaban J connectivity index is 2.88. The molecule has 0 bridgehead atoms. The SMILES string of the molecule is COc1cc(Cl)ccc1C(=O)NC(CCBr)C(C)C. The summed E-state index contributed by atoms with van der Waals surface area (Å²) in [6.07, 6.45) is 0.888. The van der Waals surface area contributed by atoms with Crippen molar-refractivity contribution in [3.8, 4) is 5.75 Å². The number of hydrogen-bond acceptors (Lipinski definition) is 2. The lowest BCUT2D eigenvalue weighted by molar-refractivity contribution is 0.0922. The van der Waals surface area contributed by atoms with E-state index in [2.05, 4.69) is 35.1 Å². The van der Waals surface area contributed by atoms with Gasteiger partial charge in [-0.1, -0.05) is 41.4 Å². The fourth-order valence-corrected chi connectivity index (χ4v) is 2.44. The third-order valence-electron chi connectivity index (χ3n) is 2.95. The van der Waals surface area contributed by atoms with Crippen molar-refractivity contribution in [3.05, 3.63) is 28.8 Å². The van der Waals surface area contributed by atoms with E-state index in [1.165, 1.54) is 7.11 Å². The van der Waals surface area contributed by atoms with Gasteiger partial charge in [-0.3, -0.25) is 4.79 Å². The van der Waals surface area contributed by atoms with E-state index in [4.69, 9.17) is 16.3 Å². The molecule has 1 unspecified atom stereocenters. The smallest absolute Gasteiger partial charge is 0.255 e. The van der Waals surface area contributed by atoms with Crippen LogP contribution in [0.2, 0.25) is 5.02 Å².